The van der Waals surface area contributed by atoms with Gasteiger partial charge in [0.15, 0.2) is 0 Å². The molecule has 1 aliphatic carbocycles. The zero-order valence-electron chi connectivity index (χ0n) is 12.1. The molecule has 0 saturated heterocycles. The smallest absolute Gasteiger partial charge is 0.0323 e. The Kier molecular flexibility index (Phi) is 4.11. The summed E-state index contributed by atoms with van der Waals surface area (Å²) in [7, 11) is 0. The van der Waals surface area contributed by atoms with Crippen molar-refractivity contribution >= 4 is 0 Å². The van der Waals surface area contributed by atoms with E-state index in [9.17, 15) is 0 Å². The molecule has 0 aliphatic heterocycles. The minimum atomic E-state index is 0.230. The van der Waals surface area contributed by atoms with Gasteiger partial charge in [-0.2, -0.15) is 0 Å². The summed E-state index contributed by atoms with van der Waals surface area (Å²) in [6.07, 6.45) is 6.73. The highest BCUT2D eigenvalue weighted by atomic mass is 14.7. The molecular weight excluding hydrogens is 218 g/mol. The number of hydrogen-bond acceptors (Lipinski definition) is 1. The number of benzene rings is 1. The lowest BCUT2D eigenvalue weighted by molar-refractivity contribution is 0.308. The summed E-state index contributed by atoms with van der Waals surface area (Å²) in [5.41, 5.74) is 9.36. The first kappa shape index (κ1) is 13.6. The molecule has 0 amide bonds. The van der Waals surface area contributed by atoms with Crippen LogP contribution in [-0.4, -0.2) is 0 Å². The molecule has 0 spiro atoms. The number of rotatable bonds is 2. The van der Waals surface area contributed by atoms with Gasteiger partial charge in [-0.3, -0.25) is 0 Å². The Hall–Kier alpha value is -0.820. The van der Waals surface area contributed by atoms with Gasteiger partial charge in [0.05, 0.1) is 0 Å². The average molecular weight is 245 g/mol. The van der Waals surface area contributed by atoms with Crippen molar-refractivity contribution in [3.05, 3.63) is 35.4 Å². The van der Waals surface area contributed by atoms with E-state index in [-0.39, 0.29) is 11.5 Å². The maximum Gasteiger partial charge on any atom is 0.0323 e. The summed E-state index contributed by atoms with van der Waals surface area (Å²) in [6.45, 7) is 6.76. The predicted molar refractivity (Wildman–Crippen MR) is 78.6 cm³/mol. The lowest BCUT2D eigenvalue weighted by atomic mass is 9.80. The van der Waals surface area contributed by atoms with Crippen LogP contribution in [0.3, 0.4) is 0 Å². The van der Waals surface area contributed by atoms with E-state index in [0.29, 0.717) is 5.92 Å². The van der Waals surface area contributed by atoms with E-state index in [2.05, 4.69) is 45.0 Å². The monoisotopic (exact) mass is 245 g/mol. The van der Waals surface area contributed by atoms with Crippen molar-refractivity contribution in [1.82, 2.24) is 0 Å². The largest absolute Gasteiger partial charge is 0.324 e. The first-order valence-corrected chi connectivity index (χ1v) is 7.34. The molecule has 100 valence electrons. The van der Waals surface area contributed by atoms with Crippen LogP contribution in [0.25, 0.3) is 0 Å². The van der Waals surface area contributed by atoms with Crippen molar-refractivity contribution in [3.8, 4) is 0 Å². The van der Waals surface area contributed by atoms with E-state index in [1.54, 1.807) is 0 Å². The molecule has 0 bridgehead atoms. The molecule has 18 heavy (non-hydrogen) atoms. The average Bonchev–Trinajstić information content (AvgIpc) is 2.38. The fraction of sp³-hybridized carbons (Fsp3) is 0.647. The van der Waals surface area contributed by atoms with Crippen LogP contribution in [0.2, 0.25) is 0 Å². The van der Waals surface area contributed by atoms with Crippen LogP contribution in [0, 0.1) is 5.92 Å². The van der Waals surface area contributed by atoms with E-state index < -0.39 is 0 Å². The van der Waals surface area contributed by atoms with Crippen molar-refractivity contribution in [2.45, 2.75) is 64.3 Å². The first-order valence-electron chi connectivity index (χ1n) is 7.34. The second kappa shape index (κ2) is 5.44. The fourth-order valence-corrected chi connectivity index (χ4v) is 2.97. The van der Waals surface area contributed by atoms with Gasteiger partial charge in [-0.25, -0.2) is 0 Å². The van der Waals surface area contributed by atoms with E-state index in [0.717, 1.165) is 0 Å². The Bertz CT molecular complexity index is 366. The van der Waals surface area contributed by atoms with Crippen LogP contribution in [0.5, 0.6) is 0 Å². The molecule has 1 atom stereocenters. The molecule has 1 aliphatic rings. The van der Waals surface area contributed by atoms with Gasteiger partial charge in [0, 0.05) is 6.04 Å². The number of hydrogen-bond donors (Lipinski definition) is 1. The third-order valence-corrected chi connectivity index (χ3v) is 4.32. The molecule has 0 unspecified atom stereocenters. The van der Waals surface area contributed by atoms with Crippen molar-refractivity contribution in [2.24, 2.45) is 11.7 Å². The Labute approximate surface area is 112 Å². The van der Waals surface area contributed by atoms with Gasteiger partial charge in [-0.15, -0.1) is 0 Å². The summed E-state index contributed by atoms with van der Waals surface area (Å²) in [5, 5.41) is 0. The highest BCUT2D eigenvalue weighted by Crippen LogP contribution is 2.33. The Morgan fingerprint density at radius 2 is 1.56 bits per heavy atom. The fourth-order valence-electron chi connectivity index (χ4n) is 2.97. The predicted octanol–water partition coefficient (Wildman–Crippen LogP) is 4.56. The summed E-state index contributed by atoms with van der Waals surface area (Å²) in [5.74, 6) is 0.694. The molecule has 1 fully saturated rings. The van der Waals surface area contributed by atoms with Crippen molar-refractivity contribution in [1.29, 1.82) is 0 Å². The Morgan fingerprint density at radius 3 is 2.06 bits per heavy atom. The third kappa shape index (κ3) is 3.14. The minimum absolute atomic E-state index is 0.230. The van der Waals surface area contributed by atoms with Crippen LogP contribution >= 0.6 is 0 Å². The normalized spacial score (nSPS) is 19.8. The molecule has 1 heteroatoms. The molecule has 0 aromatic heterocycles. The van der Waals surface area contributed by atoms with Crippen LogP contribution < -0.4 is 5.73 Å². The van der Waals surface area contributed by atoms with Gasteiger partial charge in [-0.1, -0.05) is 64.3 Å². The summed E-state index contributed by atoms with van der Waals surface area (Å²) >= 11 is 0. The standard InChI is InChI=1S/C17H27N/c1-17(2,3)15-11-9-14(10-12-15)16(18)13-7-5-4-6-8-13/h9-13,16H,4-8,18H2,1-3H3/t16-/m1/s1. The SMILES string of the molecule is CC(C)(C)c1ccc([C@H](N)C2CCCCC2)cc1. The molecule has 1 saturated carbocycles. The van der Waals surface area contributed by atoms with Crippen LogP contribution in [0.15, 0.2) is 24.3 Å². The quantitative estimate of drug-likeness (QED) is 0.812. The van der Waals surface area contributed by atoms with E-state index in [1.165, 1.54) is 43.2 Å². The molecule has 1 aromatic carbocycles. The van der Waals surface area contributed by atoms with E-state index in [1.807, 2.05) is 0 Å². The van der Waals surface area contributed by atoms with E-state index >= 15 is 0 Å². The molecule has 0 radical (unpaired) electrons. The van der Waals surface area contributed by atoms with Gasteiger partial charge in [0.25, 0.3) is 0 Å². The molecule has 2 N–H and O–H groups in total. The minimum Gasteiger partial charge on any atom is -0.324 e. The molecule has 2 rings (SSSR count). The van der Waals surface area contributed by atoms with Crippen LogP contribution in [-0.2, 0) is 5.41 Å². The van der Waals surface area contributed by atoms with Gasteiger partial charge < -0.3 is 5.73 Å². The lowest BCUT2D eigenvalue weighted by Crippen LogP contribution is -2.23. The number of nitrogens with two attached hydrogens (primary N) is 1. The Morgan fingerprint density at radius 1 is 1.00 bits per heavy atom. The van der Waals surface area contributed by atoms with Gasteiger partial charge in [0.2, 0.25) is 0 Å². The topological polar surface area (TPSA) is 26.0 Å². The van der Waals surface area contributed by atoms with Gasteiger partial charge in [-0.05, 0) is 35.3 Å². The van der Waals surface area contributed by atoms with Crippen molar-refractivity contribution in [3.63, 3.8) is 0 Å². The van der Waals surface area contributed by atoms with E-state index in [4.69, 9.17) is 5.73 Å². The zero-order chi connectivity index (χ0) is 13.2. The molecule has 1 aromatic rings. The first-order chi connectivity index (χ1) is 8.48. The molecular formula is C17H27N. The second-order valence-electron chi connectivity index (χ2n) is 6.80. The van der Waals surface area contributed by atoms with Crippen molar-refractivity contribution in [2.75, 3.05) is 0 Å². The summed E-state index contributed by atoms with van der Waals surface area (Å²) in [6, 6.07) is 9.20. The summed E-state index contributed by atoms with van der Waals surface area (Å²) in [4.78, 5) is 0. The second-order valence-corrected chi connectivity index (χ2v) is 6.80. The van der Waals surface area contributed by atoms with Gasteiger partial charge in [0.1, 0.15) is 0 Å². The lowest BCUT2D eigenvalue weighted by Gasteiger charge is -2.28. The summed E-state index contributed by atoms with van der Waals surface area (Å²) < 4.78 is 0. The van der Waals surface area contributed by atoms with Crippen molar-refractivity contribution < 1.29 is 0 Å². The Balaban J connectivity index is 2.09. The van der Waals surface area contributed by atoms with Gasteiger partial charge >= 0.3 is 0 Å². The third-order valence-electron chi connectivity index (χ3n) is 4.32. The maximum atomic E-state index is 6.43. The zero-order valence-corrected chi connectivity index (χ0v) is 12.1. The van der Waals surface area contributed by atoms with Crippen LogP contribution in [0.1, 0.15) is 70.0 Å². The maximum absolute atomic E-state index is 6.43. The highest BCUT2D eigenvalue weighted by Gasteiger charge is 2.22. The molecule has 1 nitrogen and oxygen atoms in total. The van der Waals surface area contributed by atoms with Crippen LogP contribution in [0.4, 0.5) is 0 Å². The highest BCUT2D eigenvalue weighted by molar-refractivity contribution is 5.29. The molecule has 0 heterocycles.